The molecule has 0 unspecified atom stereocenters. The number of pyridine rings is 4. The van der Waals surface area contributed by atoms with E-state index in [1.165, 1.54) is 0 Å². The molecule has 0 aliphatic heterocycles. The monoisotopic (exact) mass is 711 g/mol. The van der Waals surface area contributed by atoms with Crippen LogP contribution in [0.15, 0.2) is 159 Å². The molecule has 0 N–H and O–H groups in total. The van der Waals surface area contributed by atoms with Gasteiger partial charge in [0.25, 0.3) is 0 Å². The molecule has 0 spiro atoms. The summed E-state index contributed by atoms with van der Waals surface area (Å²) in [6.07, 6.45) is 8.21. The number of nitrogens with zero attached hydrogens (tertiary/aromatic N) is 6. The number of ether oxygens (including phenoxy) is 2. The molecule has 4 aromatic heterocycles. The third-order valence-electron chi connectivity index (χ3n) is 6.19. The second-order valence-corrected chi connectivity index (χ2v) is 9.57. The van der Waals surface area contributed by atoms with Gasteiger partial charge in [0.1, 0.15) is 12.4 Å². The van der Waals surface area contributed by atoms with Crippen molar-refractivity contribution >= 4 is 5.97 Å². The van der Waals surface area contributed by atoms with E-state index in [1.807, 2.05) is 109 Å². The number of hydrogen-bond donors (Lipinski definition) is 0. The molecule has 250 valence electrons. The fourth-order valence-electron chi connectivity index (χ4n) is 3.84. The standard InChI is InChI=1S/C20H15NO3.2C10H8N2.CN.Fe/c1-3-20(22)23-14-18-8-6-16(7-9-18)4-5-17-10-12-19(13-11-17)24-15-21-2;2*1-3-7-11-9(5-1)10-6-2-4-8-12-10;1-2;/h3,6-13H,1,14-15H2;2*1-8H;;/q;;;-1;+2. The van der Waals surface area contributed by atoms with Crippen molar-refractivity contribution in [3.63, 3.8) is 0 Å². The number of esters is 1. The Kier molecular flexibility index (Phi) is 19.2. The van der Waals surface area contributed by atoms with Gasteiger partial charge < -0.3 is 21.3 Å². The molecule has 6 rings (SSSR count). The average molecular weight is 712 g/mol. The Labute approximate surface area is 308 Å². The van der Waals surface area contributed by atoms with Gasteiger partial charge in [-0.3, -0.25) is 24.8 Å². The van der Waals surface area contributed by atoms with Crippen molar-refractivity contribution in [1.82, 2.24) is 19.9 Å². The van der Waals surface area contributed by atoms with Crippen molar-refractivity contribution in [2.45, 2.75) is 6.61 Å². The molecule has 10 heteroatoms. The molecule has 2 aromatic carbocycles. The van der Waals surface area contributed by atoms with Gasteiger partial charge in [-0.1, -0.05) is 54.8 Å². The van der Waals surface area contributed by atoms with Gasteiger partial charge in [-0.2, -0.15) is 0 Å². The normalized spacial score (nSPS) is 8.88. The van der Waals surface area contributed by atoms with Gasteiger partial charge in [0.05, 0.1) is 22.8 Å². The molecule has 4 heterocycles. The molecule has 9 nitrogen and oxygen atoms in total. The SMILES string of the molecule is [C-]#N.[C-]#[N+]COc1ccc(C#Cc2ccc(COC(=O)C=C)cc2)cc1.[Fe+2].c1ccc(-c2ccccn2)nc1.c1ccc(-c2ccccn2)nc1. The second kappa shape index (κ2) is 24.3. The Morgan fingerprint density at radius 2 is 1.06 bits per heavy atom. The summed E-state index contributed by atoms with van der Waals surface area (Å²) in [6, 6.07) is 37.9. The van der Waals surface area contributed by atoms with Crippen molar-refractivity contribution in [2.75, 3.05) is 6.73 Å². The van der Waals surface area contributed by atoms with E-state index in [9.17, 15) is 4.79 Å². The van der Waals surface area contributed by atoms with Crippen molar-refractivity contribution in [3.05, 3.63) is 193 Å². The first kappa shape index (κ1) is 40.3. The molecule has 51 heavy (non-hydrogen) atoms. The zero-order valence-corrected chi connectivity index (χ0v) is 28.4. The Morgan fingerprint density at radius 3 is 1.39 bits per heavy atom. The van der Waals surface area contributed by atoms with Gasteiger partial charge in [-0.25, -0.2) is 11.4 Å². The summed E-state index contributed by atoms with van der Waals surface area (Å²) in [7, 11) is 0. The fourth-order valence-corrected chi connectivity index (χ4v) is 3.84. The summed E-state index contributed by atoms with van der Waals surface area (Å²) in [5.41, 5.74) is 6.26. The van der Waals surface area contributed by atoms with Gasteiger partial charge in [0.2, 0.25) is 0 Å². The summed E-state index contributed by atoms with van der Waals surface area (Å²) < 4.78 is 10.2. The van der Waals surface area contributed by atoms with Gasteiger partial charge >= 0.3 is 29.8 Å². The van der Waals surface area contributed by atoms with Crippen LogP contribution in [0.2, 0.25) is 0 Å². The molecule has 0 aliphatic carbocycles. The molecule has 0 bridgehead atoms. The third kappa shape index (κ3) is 15.3. The minimum Gasteiger partial charge on any atom is -0.512 e. The van der Waals surface area contributed by atoms with Gasteiger partial charge in [-0.15, -0.1) is 0 Å². The van der Waals surface area contributed by atoms with E-state index < -0.39 is 5.97 Å². The Morgan fingerprint density at radius 1 is 0.667 bits per heavy atom. The van der Waals surface area contributed by atoms with Gasteiger partial charge in [0, 0.05) is 42.0 Å². The average Bonchev–Trinajstić information content (AvgIpc) is 3.21. The van der Waals surface area contributed by atoms with Crippen molar-refractivity contribution < 1.29 is 31.3 Å². The number of rotatable bonds is 7. The fraction of sp³-hybridized carbons (Fsp3) is 0.0488. The van der Waals surface area contributed by atoms with Crippen LogP contribution in [0.5, 0.6) is 5.75 Å². The molecule has 0 fully saturated rings. The summed E-state index contributed by atoms with van der Waals surface area (Å²) in [4.78, 5) is 30.9. The molecule has 0 saturated carbocycles. The zero-order chi connectivity index (χ0) is 35.7. The summed E-state index contributed by atoms with van der Waals surface area (Å²) in [5.74, 6) is 6.33. The first-order valence-corrected chi connectivity index (χ1v) is 15.0. The Bertz CT molecular complexity index is 1840. The number of hydrogen-bond acceptors (Lipinski definition) is 8. The number of aromatic nitrogens is 4. The first-order valence-electron chi connectivity index (χ1n) is 15.0. The maximum Gasteiger partial charge on any atom is 2.00 e. The van der Waals surface area contributed by atoms with Crippen LogP contribution in [0.1, 0.15) is 16.7 Å². The van der Waals surface area contributed by atoms with E-state index in [0.717, 1.165) is 45.5 Å². The molecule has 0 amide bonds. The van der Waals surface area contributed by atoms with E-state index in [0.29, 0.717) is 5.75 Å². The Balaban J connectivity index is 0.000000280. The second-order valence-electron chi connectivity index (χ2n) is 9.57. The quantitative estimate of drug-likeness (QED) is 0.0539. The topological polar surface area (TPSA) is 115 Å². The van der Waals surface area contributed by atoms with Gasteiger partial charge in [-0.05, 0) is 90.5 Å². The molecule has 0 saturated heterocycles. The maximum absolute atomic E-state index is 11.0. The molecule has 0 radical (unpaired) electrons. The minimum atomic E-state index is -0.442. The van der Waals surface area contributed by atoms with E-state index >= 15 is 0 Å². The molecule has 6 aromatic rings. The van der Waals surface area contributed by atoms with Crippen molar-refractivity contribution in [1.29, 1.82) is 5.26 Å². The largest absolute Gasteiger partial charge is 2.00 e. The smallest absolute Gasteiger partial charge is 0.512 e. The minimum absolute atomic E-state index is 0. The summed E-state index contributed by atoms with van der Waals surface area (Å²) in [5, 5.41) is 6.25. The van der Waals surface area contributed by atoms with E-state index in [-0.39, 0.29) is 30.4 Å². The number of carbonyl (C=O) groups is 1. The van der Waals surface area contributed by atoms with Crippen LogP contribution in [0.4, 0.5) is 0 Å². The van der Waals surface area contributed by atoms with Gasteiger partial charge in [0.15, 0.2) is 0 Å². The van der Waals surface area contributed by atoms with Crippen LogP contribution < -0.4 is 4.74 Å². The van der Waals surface area contributed by atoms with Crippen molar-refractivity contribution in [3.8, 4) is 40.4 Å². The van der Waals surface area contributed by atoms with Crippen LogP contribution in [-0.2, 0) is 33.2 Å². The Hall–Kier alpha value is -6.89. The third-order valence-corrected chi connectivity index (χ3v) is 6.19. The van der Waals surface area contributed by atoms with E-state index in [2.05, 4.69) is 43.2 Å². The molecule has 0 aliphatic rings. The number of carbonyl (C=O) groups excluding carboxylic acids is 1. The molecular weight excluding hydrogens is 680 g/mol. The van der Waals surface area contributed by atoms with Crippen LogP contribution in [0, 0.1) is 30.2 Å². The predicted molar refractivity (Wildman–Crippen MR) is 191 cm³/mol. The summed E-state index contributed by atoms with van der Waals surface area (Å²) in [6.45, 7) is 15.0. The van der Waals surface area contributed by atoms with Crippen molar-refractivity contribution in [2.24, 2.45) is 0 Å². The molecule has 0 atom stereocenters. The predicted octanol–water partition coefficient (Wildman–Crippen LogP) is 7.95. The first-order chi connectivity index (χ1) is 24.6. The molecular formula is C41H31FeN6O3+. The van der Waals surface area contributed by atoms with E-state index in [1.54, 1.807) is 36.9 Å². The van der Waals surface area contributed by atoms with Crippen LogP contribution in [-0.4, -0.2) is 32.6 Å². The van der Waals surface area contributed by atoms with Crippen LogP contribution in [0.3, 0.4) is 0 Å². The summed E-state index contributed by atoms with van der Waals surface area (Å²) >= 11 is 0. The number of benzene rings is 2. The van der Waals surface area contributed by atoms with E-state index in [4.69, 9.17) is 27.9 Å². The maximum atomic E-state index is 11.0. The van der Waals surface area contributed by atoms with Crippen LogP contribution in [0.25, 0.3) is 27.6 Å². The zero-order valence-electron chi connectivity index (χ0n) is 27.3. The van der Waals surface area contributed by atoms with Crippen LogP contribution >= 0.6 is 0 Å².